The van der Waals surface area contributed by atoms with E-state index < -0.39 is 10.0 Å². The maximum Gasteiger partial charge on any atom is 0.243 e. The molecular formula is C19H20BrNO2S. The van der Waals surface area contributed by atoms with Crippen molar-refractivity contribution in [2.75, 3.05) is 6.54 Å². The molecule has 2 aromatic carbocycles. The van der Waals surface area contributed by atoms with Crippen LogP contribution in [0.15, 0.2) is 66.1 Å². The van der Waals surface area contributed by atoms with Crippen LogP contribution in [-0.2, 0) is 16.4 Å². The van der Waals surface area contributed by atoms with E-state index in [1.165, 1.54) is 5.56 Å². The maximum absolute atomic E-state index is 13.2. The molecular weight excluding hydrogens is 386 g/mol. The summed E-state index contributed by atoms with van der Waals surface area (Å²) >= 11 is 3.71. The lowest BCUT2D eigenvalue weighted by Crippen LogP contribution is -2.41. The fraction of sp³-hybridized carbons (Fsp3) is 0.263. The molecule has 0 fully saturated rings. The first-order valence-electron chi connectivity index (χ1n) is 7.86. The van der Waals surface area contributed by atoms with Crippen molar-refractivity contribution in [1.82, 2.24) is 4.31 Å². The number of hydrogen-bond donors (Lipinski definition) is 0. The van der Waals surface area contributed by atoms with E-state index >= 15 is 0 Å². The molecule has 3 nitrogen and oxygen atoms in total. The number of aryl methyl sites for hydroxylation is 1. The summed E-state index contributed by atoms with van der Waals surface area (Å²) in [4.78, 5) is 0.305. The molecule has 1 aliphatic carbocycles. The third-order valence-electron chi connectivity index (χ3n) is 4.43. The molecule has 0 N–H and O–H groups in total. The van der Waals surface area contributed by atoms with Crippen molar-refractivity contribution < 1.29 is 8.42 Å². The van der Waals surface area contributed by atoms with Gasteiger partial charge in [0.15, 0.2) is 0 Å². The number of nitrogens with zero attached hydrogens (tertiary/aromatic N) is 1. The zero-order chi connectivity index (χ0) is 17.3. The van der Waals surface area contributed by atoms with Crippen molar-refractivity contribution in [1.29, 1.82) is 0 Å². The van der Waals surface area contributed by atoms with Gasteiger partial charge in [-0.1, -0.05) is 64.0 Å². The Kier molecular flexibility index (Phi) is 4.95. The summed E-state index contributed by atoms with van der Waals surface area (Å²) in [7, 11) is -3.58. The van der Waals surface area contributed by atoms with Gasteiger partial charge in [0.1, 0.15) is 0 Å². The Hall–Kier alpha value is -1.43. The number of alkyl halides is 1. The first kappa shape index (κ1) is 17.4. The topological polar surface area (TPSA) is 37.4 Å². The van der Waals surface area contributed by atoms with Gasteiger partial charge in [0.2, 0.25) is 10.0 Å². The van der Waals surface area contributed by atoms with Crippen LogP contribution in [0.5, 0.6) is 0 Å². The lowest BCUT2D eigenvalue weighted by Gasteiger charge is -2.29. The minimum atomic E-state index is -3.58. The summed E-state index contributed by atoms with van der Waals surface area (Å²) in [5.74, 6) is 0. The van der Waals surface area contributed by atoms with E-state index in [0.29, 0.717) is 11.3 Å². The molecule has 0 saturated carbocycles. The van der Waals surface area contributed by atoms with Crippen molar-refractivity contribution in [3.05, 3.63) is 77.9 Å². The summed E-state index contributed by atoms with van der Waals surface area (Å²) in [6.45, 7) is 5.98. The van der Waals surface area contributed by atoms with Crippen LogP contribution in [0, 0.1) is 6.92 Å². The minimum absolute atomic E-state index is 0.0196. The van der Waals surface area contributed by atoms with Crippen molar-refractivity contribution in [3.8, 4) is 0 Å². The lowest BCUT2D eigenvalue weighted by molar-refractivity contribution is 0.351. The van der Waals surface area contributed by atoms with Gasteiger partial charge in [0.05, 0.1) is 9.72 Å². The standard InChI is InChI=1S/C19H20BrNO2S/c1-3-12-21(24(22,23)16-10-8-14(2)9-11-16)18-13-15-6-4-5-7-17(15)19(18)20/h3-11,18-19H,1,12-13H2,2H3/t18-,19-/m0/s1. The third kappa shape index (κ3) is 3.08. The molecule has 0 bridgehead atoms. The number of rotatable bonds is 5. The van der Waals surface area contributed by atoms with Gasteiger partial charge in [0, 0.05) is 12.6 Å². The Balaban J connectivity index is 1.99. The van der Waals surface area contributed by atoms with Crippen LogP contribution in [0.4, 0.5) is 0 Å². The van der Waals surface area contributed by atoms with Crippen molar-refractivity contribution >= 4 is 26.0 Å². The van der Waals surface area contributed by atoms with Gasteiger partial charge in [-0.25, -0.2) is 8.42 Å². The van der Waals surface area contributed by atoms with E-state index in [1.54, 1.807) is 22.5 Å². The van der Waals surface area contributed by atoms with E-state index in [-0.39, 0.29) is 17.4 Å². The van der Waals surface area contributed by atoms with E-state index in [9.17, 15) is 8.42 Å². The van der Waals surface area contributed by atoms with Gasteiger partial charge in [-0.2, -0.15) is 4.31 Å². The average Bonchev–Trinajstić information content (AvgIpc) is 2.90. The van der Waals surface area contributed by atoms with Crippen molar-refractivity contribution in [2.45, 2.75) is 29.1 Å². The molecule has 1 aliphatic rings. The van der Waals surface area contributed by atoms with Crippen LogP contribution in [0.2, 0.25) is 0 Å². The van der Waals surface area contributed by atoms with Crippen molar-refractivity contribution in [2.24, 2.45) is 0 Å². The smallest absolute Gasteiger partial charge is 0.207 e. The normalized spacial score (nSPS) is 20.1. The number of sulfonamides is 1. The van der Waals surface area contributed by atoms with Gasteiger partial charge in [-0.3, -0.25) is 0 Å². The van der Waals surface area contributed by atoms with Gasteiger partial charge in [-0.05, 0) is 36.6 Å². The maximum atomic E-state index is 13.2. The van der Waals surface area contributed by atoms with Crippen LogP contribution in [0.25, 0.3) is 0 Å². The highest BCUT2D eigenvalue weighted by Gasteiger charge is 2.40. The highest BCUT2D eigenvalue weighted by atomic mass is 79.9. The first-order valence-corrected chi connectivity index (χ1v) is 10.2. The molecule has 0 saturated heterocycles. The summed E-state index contributed by atoms with van der Waals surface area (Å²) in [6, 6.07) is 14.9. The molecule has 0 aromatic heterocycles. The second-order valence-electron chi connectivity index (χ2n) is 6.05. The predicted molar refractivity (Wildman–Crippen MR) is 101 cm³/mol. The molecule has 3 rings (SSSR count). The van der Waals surface area contributed by atoms with Gasteiger partial charge < -0.3 is 0 Å². The third-order valence-corrected chi connectivity index (χ3v) is 7.43. The molecule has 0 heterocycles. The molecule has 2 atom stereocenters. The Morgan fingerprint density at radius 3 is 2.50 bits per heavy atom. The Morgan fingerprint density at radius 2 is 1.88 bits per heavy atom. The van der Waals surface area contributed by atoms with E-state index in [1.807, 2.05) is 31.2 Å². The van der Waals surface area contributed by atoms with Gasteiger partial charge >= 0.3 is 0 Å². The zero-order valence-corrected chi connectivity index (χ0v) is 15.9. The molecule has 0 unspecified atom stereocenters. The van der Waals surface area contributed by atoms with Crippen LogP contribution >= 0.6 is 15.9 Å². The molecule has 0 amide bonds. The van der Waals surface area contributed by atoms with E-state index in [2.05, 4.69) is 34.6 Å². The Labute approximate surface area is 152 Å². The number of fused-ring (bicyclic) bond motifs is 1. The van der Waals surface area contributed by atoms with Crippen LogP contribution in [0.1, 0.15) is 21.5 Å². The summed E-state index contributed by atoms with van der Waals surface area (Å²) < 4.78 is 27.9. The second kappa shape index (κ2) is 6.82. The lowest BCUT2D eigenvalue weighted by atomic mass is 10.1. The number of benzene rings is 2. The Bertz CT molecular complexity index is 846. The largest absolute Gasteiger partial charge is 0.243 e. The highest BCUT2D eigenvalue weighted by molar-refractivity contribution is 9.09. The first-order chi connectivity index (χ1) is 11.4. The summed E-state index contributed by atoms with van der Waals surface area (Å²) in [5, 5.41) is 0. The van der Waals surface area contributed by atoms with Gasteiger partial charge in [-0.15, -0.1) is 6.58 Å². The fourth-order valence-corrected chi connectivity index (χ4v) is 5.84. The number of halogens is 1. The molecule has 0 spiro atoms. The summed E-state index contributed by atoms with van der Waals surface area (Å²) in [5.41, 5.74) is 3.39. The monoisotopic (exact) mass is 405 g/mol. The van der Waals surface area contributed by atoms with Crippen LogP contribution in [-0.4, -0.2) is 25.3 Å². The van der Waals surface area contributed by atoms with E-state index in [4.69, 9.17) is 0 Å². The predicted octanol–water partition coefficient (Wildman–Crippen LogP) is 4.23. The number of hydrogen-bond acceptors (Lipinski definition) is 2. The van der Waals surface area contributed by atoms with Crippen LogP contribution in [0.3, 0.4) is 0 Å². The van der Waals surface area contributed by atoms with Crippen molar-refractivity contribution in [3.63, 3.8) is 0 Å². The van der Waals surface area contributed by atoms with Crippen LogP contribution < -0.4 is 0 Å². The Morgan fingerprint density at radius 1 is 1.21 bits per heavy atom. The fourth-order valence-electron chi connectivity index (χ4n) is 3.16. The minimum Gasteiger partial charge on any atom is -0.207 e. The highest BCUT2D eigenvalue weighted by Crippen LogP contribution is 2.42. The quantitative estimate of drug-likeness (QED) is 0.551. The molecule has 2 aromatic rings. The average molecular weight is 406 g/mol. The zero-order valence-electron chi connectivity index (χ0n) is 13.5. The second-order valence-corrected chi connectivity index (χ2v) is 8.93. The molecule has 0 aliphatic heterocycles. The SMILES string of the molecule is C=CCN([C@H]1Cc2ccccc2[C@@H]1Br)S(=O)(=O)c1ccc(C)cc1. The van der Waals surface area contributed by atoms with Gasteiger partial charge in [0.25, 0.3) is 0 Å². The molecule has 5 heteroatoms. The van der Waals surface area contributed by atoms with E-state index in [0.717, 1.165) is 11.1 Å². The summed E-state index contributed by atoms with van der Waals surface area (Å²) in [6.07, 6.45) is 2.35. The molecule has 126 valence electrons. The molecule has 24 heavy (non-hydrogen) atoms. The molecule has 0 radical (unpaired) electrons.